The molecule has 0 radical (unpaired) electrons. The van der Waals surface area contributed by atoms with E-state index in [0.717, 1.165) is 22.3 Å². The van der Waals surface area contributed by atoms with Gasteiger partial charge in [-0.05, 0) is 74.2 Å². The van der Waals surface area contributed by atoms with Crippen LogP contribution in [0.25, 0.3) is 0 Å². The maximum atomic E-state index is 8.99. The number of rotatable bonds is 14. The molecular formula is C24H34O7. The average Bonchev–Trinajstić information content (AvgIpc) is 2.75. The highest BCUT2D eigenvalue weighted by atomic mass is 16.6. The van der Waals surface area contributed by atoms with Gasteiger partial charge < -0.3 is 33.9 Å². The Kier molecular flexibility index (Phi) is 10.4. The third-order valence-electron chi connectivity index (χ3n) is 4.79. The normalized spacial score (nSPS) is 10.8. The Morgan fingerprint density at radius 1 is 0.484 bits per heavy atom. The molecule has 7 heteroatoms. The maximum Gasteiger partial charge on any atom is 0.161 e. The van der Waals surface area contributed by atoms with Gasteiger partial charge in [-0.15, -0.1) is 0 Å². The van der Waals surface area contributed by atoms with Crippen molar-refractivity contribution in [1.82, 2.24) is 0 Å². The highest BCUT2D eigenvalue weighted by molar-refractivity contribution is 5.47. The van der Waals surface area contributed by atoms with Crippen LogP contribution in [0.3, 0.4) is 0 Å². The Bertz CT molecular complexity index is 753. The van der Waals surface area contributed by atoms with Crippen LogP contribution in [0.2, 0.25) is 0 Å². The number of aliphatic hydroxyl groups excluding tert-OH is 2. The predicted octanol–water partition coefficient (Wildman–Crippen LogP) is 3.14. The van der Waals surface area contributed by atoms with E-state index in [-0.39, 0.29) is 26.4 Å². The molecule has 2 rings (SSSR count). The molecule has 0 atom stereocenters. The zero-order chi connectivity index (χ0) is 22.6. The lowest BCUT2D eigenvalue weighted by Gasteiger charge is -2.16. The van der Waals surface area contributed by atoms with Crippen molar-refractivity contribution in [2.75, 3.05) is 52.9 Å². The van der Waals surface area contributed by atoms with Gasteiger partial charge in [0.2, 0.25) is 0 Å². The van der Waals surface area contributed by atoms with Crippen molar-refractivity contribution in [1.29, 1.82) is 0 Å². The van der Waals surface area contributed by atoms with Gasteiger partial charge in [-0.1, -0.05) is 0 Å². The minimum atomic E-state index is -0.0528. The lowest BCUT2D eigenvalue weighted by atomic mass is 10.1. The second-order valence-corrected chi connectivity index (χ2v) is 7.22. The minimum absolute atomic E-state index is 0.0528. The van der Waals surface area contributed by atoms with Gasteiger partial charge in [0.15, 0.2) is 23.0 Å². The smallest absolute Gasteiger partial charge is 0.161 e. The van der Waals surface area contributed by atoms with Crippen LogP contribution in [0.4, 0.5) is 0 Å². The highest BCUT2D eigenvalue weighted by Crippen LogP contribution is 2.31. The molecule has 0 aliphatic carbocycles. The van der Waals surface area contributed by atoms with Crippen LogP contribution in [0, 0.1) is 27.7 Å². The number of ether oxygens (including phenoxy) is 5. The Balaban J connectivity index is 1.77. The summed E-state index contributed by atoms with van der Waals surface area (Å²) in [5.41, 5.74) is 4.41. The first-order valence-corrected chi connectivity index (χ1v) is 10.5. The molecule has 31 heavy (non-hydrogen) atoms. The van der Waals surface area contributed by atoms with Crippen LogP contribution in [0.15, 0.2) is 24.3 Å². The fraction of sp³-hybridized carbons (Fsp3) is 0.500. The lowest BCUT2D eigenvalue weighted by Crippen LogP contribution is -2.13. The monoisotopic (exact) mass is 434 g/mol. The molecule has 0 saturated carbocycles. The Morgan fingerprint density at radius 2 is 0.774 bits per heavy atom. The number of hydrogen-bond donors (Lipinski definition) is 2. The van der Waals surface area contributed by atoms with Crippen molar-refractivity contribution < 1.29 is 33.9 Å². The van der Waals surface area contributed by atoms with Crippen LogP contribution in [0.5, 0.6) is 23.0 Å². The number of aryl methyl sites for hydroxylation is 4. The SMILES string of the molecule is Cc1cc(OCCO)c(OCCOCCOc2cc(C)c(C)cc2OCCO)cc1C. The average molecular weight is 435 g/mol. The van der Waals surface area contributed by atoms with Gasteiger partial charge in [0.05, 0.1) is 26.4 Å². The van der Waals surface area contributed by atoms with E-state index in [1.165, 1.54) is 0 Å². The van der Waals surface area contributed by atoms with Crippen LogP contribution in [0.1, 0.15) is 22.3 Å². The first-order valence-electron chi connectivity index (χ1n) is 10.5. The summed E-state index contributed by atoms with van der Waals surface area (Å²) in [7, 11) is 0. The third-order valence-corrected chi connectivity index (χ3v) is 4.79. The van der Waals surface area contributed by atoms with Gasteiger partial charge in [-0.3, -0.25) is 0 Å². The molecule has 2 aromatic carbocycles. The van der Waals surface area contributed by atoms with Gasteiger partial charge >= 0.3 is 0 Å². The highest BCUT2D eigenvalue weighted by Gasteiger charge is 2.10. The number of hydrogen-bond acceptors (Lipinski definition) is 7. The zero-order valence-electron chi connectivity index (χ0n) is 18.9. The Hall–Kier alpha value is -2.48. The Morgan fingerprint density at radius 3 is 1.06 bits per heavy atom. The summed E-state index contributed by atoms with van der Waals surface area (Å²) in [6.45, 7) is 9.89. The summed E-state index contributed by atoms with van der Waals surface area (Å²) in [5, 5.41) is 18.0. The van der Waals surface area contributed by atoms with Gasteiger partial charge in [-0.25, -0.2) is 0 Å². The fourth-order valence-electron chi connectivity index (χ4n) is 2.81. The summed E-state index contributed by atoms with van der Waals surface area (Å²) in [5.74, 6) is 2.51. The second-order valence-electron chi connectivity index (χ2n) is 7.22. The molecule has 0 aliphatic rings. The lowest BCUT2D eigenvalue weighted by molar-refractivity contribution is 0.0741. The molecule has 0 bridgehead atoms. The molecule has 0 aliphatic heterocycles. The molecule has 2 N–H and O–H groups in total. The second kappa shape index (κ2) is 13.0. The molecular weight excluding hydrogens is 400 g/mol. The van der Waals surface area contributed by atoms with Crippen LogP contribution in [-0.4, -0.2) is 63.1 Å². The van der Waals surface area contributed by atoms with E-state index in [1.807, 2.05) is 52.0 Å². The Labute approximate surface area is 184 Å². The van der Waals surface area contributed by atoms with Crippen LogP contribution >= 0.6 is 0 Å². The van der Waals surface area contributed by atoms with E-state index in [4.69, 9.17) is 33.9 Å². The summed E-state index contributed by atoms with van der Waals surface area (Å²) in [6.07, 6.45) is 0. The van der Waals surface area contributed by atoms with Crippen molar-refractivity contribution in [3.8, 4) is 23.0 Å². The topological polar surface area (TPSA) is 86.6 Å². The van der Waals surface area contributed by atoms with Crippen LogP contribution in [-0.2, 0) is 4.74 Å². The summed E-state index contributed by atoms with van der Waals surface area (Å²) in [6, 6.07) is 7.68. The quantitative estimate of drug-likeness (QED) is 0.442. The molecule has 0 aromatic heterocycles. The molecule has 0 fully saturated rings. The van der Waals surface area contributed by atoms with E-state index < -0.39 is 0 Å². The number of aliphatic hydroxyl groups is 2. The summed E-state index contributed by atoms with van der Waals surface area (Å²) in [4.78, 5) is 0. The predicted molar refractivity (Wildman–Crippen MR) is 119 cm³/mol. The first-order chi connectivity index (χ1) is 15.0. The summed E-state index contributed by atoms with van der Waals surface area (Å²) < 4.78 is 28.4. The van der Waals surface area contributed by atoms with Crippen LogP contribution < -0.4 is 18.9 Å². The van der Waals surface area contributed by atoms with Gasteiger partial charge in [0.1, 0.15) is 26.4 Å². The van der Waals surface area contributed by atoms with Crippen molar-refractivity contribution in [2.45, 2.75) is 27.7 Å². The van der Waals surface area contributed by atoms with Gasteiger partial charge in [-0.2, -0.15) is 0 Å². The minimum Gasteiger partial charge on any atom is -0.487 e. The standard InChI is InChI=1S/C24H34O7/c1-17-13-21(28-7-5-25)23(15-19(17)3)30-11-9-27-10-12-31-24-16-20(4)18(2)14-22(24)29-8-6-26/h13-16,25-26H,5-12H2,1-4H3. The molecule has 0 amide bonds. The van der Waals surface area contributed by atoms with E-state index >= 15 is 0 Å². The van der Waals surface area contributed by atoms with Crippen molar-refractivity contribution in [3.63, 3.8) is 0 Å². The van der Waals surface area contributed by atoms with E-state index in [1.54, 1.807) is 0 Å². The maximum absolute atomic E-state index is 8.99. The first kappa shape index (κ1) is 24.8. The van der Waals surface area contributed by atoms with E-state index in [0.29, 0.717) is 49.4 Å². The molecule has 0 heterocycles. The zero-order valence-corrected chi connectivity index (χ0v) is 18.9. The largest absolute Gasteiger partial charge is 0.487 e. The van der Waals surface area contributed by atoms with Gasteiger partial charge in [0.25, 0.3) is 0 Å². The van der Waals surface area contributed by atoms with Crippen molar-refractivity contribution in [3.05, 3.63) is 46.5 Å². The number of benzene rings is 2. The van der Waals surface area contributed by atoms with E-state index in [9.17, 15) is 0 Å². The fourth-order valence-corrected chi connectivity index (χ4v) is 2.81. The molecule has 0 spiro atoms. The molecule has 0 saturated heterocycles. The molecule has 7 nitrogen and oxygen atoms in total. The van der Waals surface area contributed by atoms with E-state index in [2.05, 4.69) is 0 Å². The molecule has 2 aromatic rings. The molecule has 172 valence electrons. The van der Waals surface area contributed by atoms with Crippen molar-refractivity contribution in [2.24, 2.45) is 0 Å². The molecule has 0 unspecified atom stereocenters. The van der Waals surface area contributed by atoms with Crippen molar-refractivity contribution >= 4 is 0 Å². The van der Waals surface area contributed by atoms with Gasteiger partial charge in [0, 0.05) is 0 Å². The summed E-state index contributed by atoms with van der Waals surface area (Å²) >= 11 is 0. The third kappa shape index (κ3) is 7.94.